The van der Waals surface area contributed by atoms with Crippen molar-refractivity contribution in [3.8, 4) is 0 Å². The molecule has 0 saturated heterocycles. The Bertz CT molecular complexity index is 138. The van der Waals surface area contributed by atoms with Crippen molar-refractivity contribution in [2.45, 2.75) is 44.6 Å². The molecule has 2 N–H and O–H groups in total. The number of nitrogens with two attached hydrogens (primary N) is 1. The van der Waals surface area contributed by atoms with Crippen molar-refractivity contribution in [2.24, 2.45) is 5.73 Å². The molecule has 10 heavy (non-hydrogen) atoms. The Morgan fingerprint density at radius 1 is 1.60 bits per heavy atom. The molecule has 0 aromatic rings. The zero-order valence-corrected chi connectivity index (χ0v) is 6.52. The smallest absolute Gasteiger partial charge is 0.152 e. The van der Waals surface area contributed by atoms with Crippen LogP contribution in [0.25, 0.3) is 0 Å². The Labute approximate surface area is 61.8 Å². The summed E-state index contributed by atoms with van der Waals surface area (Å²) in [6, 6.07) is 0. The van der Waals surface area contributed by atoms with E-state index in [1.807, 2.05) is 0 Å². The van der Waals surface area contributed by atoms with Crippen molar-refractivity contribution in [1.82, 2.24) is 0 Å². The van der Waals surface area contributed by atoms with E-state index in [4.69, 9.17) is 5.73 Å². The third-order valence-corrected chi connectivity index (χ3v) is 2.10. The summed E-state index contributed by atoms with van der Waals surface area (Å²) in [6.07, 6.45) is 4.59. The van der Waals surface area contributed by atoms with Crippen LogP contribution in [0.4, 0.5) is 0 Å². The molecule has 2 nitrogen and oxygen atoms in total. The fourth-order valence-corrected chi connectivity index (χ4v) is 1.000. The second kappa shape index (κ2) is 2.70. The van der Waals surface area contributed by atoms with Crippen molar-refractivity contribution in [3.05, 3.63) is 0 Å². The molecule has 0 radical (unpaired) electrons. The highest BCUT2D eigenvalue weighted by atomic mass is 16.1. The summed E-state index contributed by atoms with van der Waals surface area (Å²) in [5.74, 6) is 0.273. The molecule has 0 amide bonds. The van der Waals surface area contributed by atoms with Crippen LogP contribution in [-0.2, 0) is 4.79 Å². The predicted molar refractivity (Wildman–Crippen MR) is 40.7 cm³/mol. The fourth-order valence-electron chi connectivity index (χ4n) is 1.000. The first-order valence-corrected chi connectivity index (χ1v) is 4.01. The van der Waals surface area contributed by atoms with E-state index in [2.05, 4.69) is 6.92 Å². The number of carbonyl (C=O) groups is 1. The zero-order valence-electron chi connectivity index (χ0n) is 6.52. The van der Waals surface area contributed by atoms with Gasteiger partial charge in [0.2, 0.25) is 0 Å². The maximum atomic E-state index is 11.2. The number of hydrogen-bond acceptors (Lipinski definition) is 2. The SMILES string of the molecule is CCCCC(=O)C1(N)CC1. The Kier molecular flexibility index (Phi) is 2.09. The molecule has 0 spiro atoms. The van der Waals surface area contributed by atoms with Gasteiger partial charge in [-0.05, 0) is 19.3 Å². The summed E-state index contributed by atoms with van der Waals surface area (Å²) in [4.78, 5) is 11.2. The molecule has 0 aromatic heterocycles. The van der Waals surface area contributed by atoms with E-state index in [1.54, 1.807) is 0 Å². The lowest BCUT2D eigenvalue weighted by Gasteiger charge is -2.04. The molecule has 1 saturated carbocycles. The van der Waals surface area contributed by atoms with Gasteiger partial charge in [0, 0.05) is 6.42 Å². The summed E-state index contributed by atoms with van der Waals surface area (Å²) in [6.45, 7) is 2.09. The first-order chi connectivity index (χ1) is 4.69. The monoisotopic (exact) mass is 141 g/mol. The van der Waals surface area contributed by atoms with E-state index < -0.39 is 0 Å². The van der Waals surface area contributed by atoms with Gasteiger partial charge in [0.05, 0.1) is 5.54 Å². The second-order valence-corrected chi connectivity index (χ2v) is 3.18. The van der Waals surface area contributed by atoms with Gasteiger partial charge in [0.15, 0.2) is 5.78 Å². The minimum Gasteiger partial charge on any atom is -0.319 e. The second-order valence-electron chi connectivity index (χ2n) is 3.18. The quantitative estimate of drug-likeness (QED) is 0.640. The normalized spacial score (nSPS) is 20.6. The van der Waals surface area contributed by atoms with E-state index in [0.717, 1.165) is 25.7 Å². The van der Waals surface area contributed by atoms with Crippen LogP contribution in [0.3, 0.4) is 0 Å². The highest BCUT2D eigenvalue weighted by molar-refractivity contribution is 5.90. The fraction of sp³-hybridized carbons (Fsp3) is 0.875. The Morgan fingerprint density at radius 2 is 2.20 bits per heavy atom. The highest BCUT2D eigenvalue weighted by Gasteiger charge is 2.44. The molecule has 1 fully saturated rings. The van der Waals surface area contributed by atoms with Crippen molar-refractivity contribution in [1.29, 1.82) is 0 Å². The van der Waals surface area contributed by atoms with Crippen LogP contribution in [-0.4, -0.2) is 11.3 Å². The molecule has 58 valence electrons. The summed E-state index contributed by atoms with van der Waals surface area (Å²) in [5.41, 5.74) is 5.30. The minimum absolute atomic E-state index is 0.273. The number of unbranched alkanes of at least 4 members (excludes halogenated alkanes) is 1. The maximum absolute atomic E-state index is 11.2. The van der Waals surface area contributed by atoms with E-state index in [0.29, 0.717) is 6.42 Å². The number of rotatable bonds is 4. The minimum atomic E-state index is -0.380. The number of hydrogen-bond donors (Lipinski definition) is 1. The van der Waals surface area contributed by atoms with E-state index in [1.165, 1.54) is 0 Å². The lowest BCUT2D eigenvalue weighted by Crippen LogP contribution is -2.32. The molecule has 0 unspecified atom stereocenters. The average Bonchev–Trinajstić information content (AvgIpc) is 2.64. The summed E-state index contributed by atoms with van der Waals surface area (Å²) < 4.78 is 0. The van der Waals surface area contributed by atoms with Crippen LogP contribution in [0.1, 0.15) is 39.0 Å². The van der Waals surface area contributed by atoms with E-state index in [-0.39, 0.29) is 11.3 Å². The van der Waals surface area contributed by atoms with Gasteiger partial charge in [-0.1, -0.05) is 13.3 Å². The molecule has 1 aliphatic rings. The summed E-state index contributed by atoms with van der Waals surface area (Å²) >= 11 is 0. The lowest BCUT2D eigenvalue weighted by molar-refractivity contribution is -0.121. The molecule has 0 bridgehead atoms. The van der Waals surface area contributed by atoms with Crippen molar-refractivity contribution in [3.63, 3.8) is 0 Å². The number of Topliss-reactive ketones (excluding diaryl/α,β-unsaturated/α-hetero) is 1. The molecule has 1 aliphatic carbocycles. The van der Waals surface area contributed by atoms with Crippen molar-refractivity contribution >= 4 is 5.78 Å². The highest BCUT2D eigenvalue weighted by Crippen LogP contribution is 2.34. The average molecular weight is 141 g/mol. The van der Waals surface area contributed by atoms with Gasteiger partial charge in [-0.25, -0.2) is 0 Å². The van der Waals surface area contributed by atoms with Crippen molar-refractivity contribution < 1.29 is 4.79 Å². The molecule has 0 aromatic carbocycles. The largest absolute Gasteiger partial charge is 0.319 e. The first-order valence-electron chi connectivity index (χ1n) is 4.01. The van der Waals surface area contributed by atoms with E-state index >= 15 is 0 Å². The molecule has 0 aliphatic heterocycles. The summed E-state index contributed by atoms with van der Waals surface area (Å²) in [5, 5.41) is 0. The molecule has 1 rings (SSSR count). The topological polar surface area (TPSA) is 43.1 Å². The maximum Gasteiger partial charge on any atom is 0.152 e. The Balaban J connectivity index is 2.22. The van der Waals surface area contributed by atoms with Gasteiger partial charge in [-0.2, -0.15) is 0 Å². The van der Waals surface area contributed by atoms with Crippen LogP contribution < -0.4 is 5.73 Å². The molecule has 0 atom stereocenters. The van der Waals surface area contributed by atoms with Crippen LogP contribution in [0, 0.1) is 0 Å². The lowest BCUT2D eigenvalue weighted by atomic mass is 10.1. The first kappa shape index (κ1) is 7.73. The molecular formula is C8H15NO. The Morgan fingerprint density at radius 3 is 2.60 bits per heavy atom. The predicted octanol–water partition coefficient (Wildman–Crippen LogP) is 1.24. The van der Waals surface area contributed by atoms with Crippen LogP contribution in [0.2, 0.25) is 0 Å². The Hall–Kier alpha value is -0.370. The van der Waals surface area contributed by atoms with E-state index in [9.17, 15) is 4.79 Å². The van der Waals surface area contributed by atoms with Gasteiger partial charge in [0.1, 0.15) is 0 Å². The van der Waals surface area contributed by atoms with Crippen LogP contribution >= 0.6 is 0 Å². The molecule has 2 heteroatoms. The summed E-state index contributed by atoms with van der Waals surface area (Å²) in [7, 11) is 0. The van der Waals surface area contributed by atoms with Gasteiger partial charge in [-0.3, -0.25) is 4.79 Å². The molecule has 0 heterocycles. The van der Waals surface area contributed by atoms with Gasteiger partial charge in [-0.15, -0.1) is 0 Å². The standard InChI is InChI=1S/C8H15NO/c1-2-3-4-7(10)8(9)5-6-8/h2-6,9H2,1H3. The van der Waals surface area contributed by atoms with Gasteiger partial charge in [0.25, 0.3) is 0 Å². The molecular weight excluding hydrogens is 126 g/mol. The van der Waals surface area contributed by atoms with Gasteiger partial charge >= 0.3 is 0 Å². The number of ketones is 1. The van der Waals surface area contributed by atoms with Crippen LogP contribution in [0.5, 0.6) is 0 Å². The third-order valence-electron chi connectivity index (χ3n) is 2.10. The van der Waals surface area contributed by atoms with Crippen LogP contribution in [0.15, 0.2) is 0 Å². The zero-order chi connectivity index (χ0) is 7.61. The number of carbonyl (C=O) groups excluding carboxylic acids is 1. The van der Waals surface area contributed by atoms with Gasteiger partial charge < -0.3 is 5.73 Å². The third kappa shape index (κ3) is 1.57. The van der Waals surface area contributed by atoms with Crippen molar-refractivity contribution in [2.75, 3.05) is 0 Å².